The Morgan fingerprint density at radius 3 is 2.30 bits per heavy atom. The number of hydrogen-bond acceptors (Lipinski definition) is 6. The Hall–Kier alpha value is -1.19. The van der Waals surface area contributed by atoms with Gasteiger partial charge in [-0.1, -0.05) is 25.2 Å². The standard InChI is InChI=1S/C11H19N3O4S2/c1-7(2)8(3)13(5)20(17,18)10-6-9(14(15)16)11(12-4)19-10/h6-8,12H,1-5H3. The molecule has 7 nitrogen and oxygen atoms in total. The first-order valence-corrected chi connectivity index (χ1v) is 8.32. The maximum Gasteiger partial charge on any atom is 0.304 e. The Kier molecular flexibility index (Phi) is 5.11. The van der Waals surface area contributed by atoms with E-state index in [1.165, 1.54) is 18.4 Å². The highest BCUT2D eigenvalue weighted by molar-refractivity contribution is 7.91. The van der Waals surface area contributed by atoms with E-state index in [1.807, 2.05) is 20.8 Å². The van der Waals surface area contributed by atoms with E-state index in [9.17, 15) is 18.5 Å². The lowest BCUT2D eigenvalue weighted by Gasteiger charge is -2.26. The highest BCUT2D eigenvalue weighted by Crippen LogP contribution is 2.38. The van der Waals surface area contributed by atoms with Crippen molar-refractivity contribution in [1.82, 2.24) is 4.31 Å². The molecule has 1 aromatic heterocycles. The average Bonchev–Trinajstić information content (AvgIpc) is 2.81. The van der Waals surface area contributed by atoms with Crippen molar-refractivity contribution in [3.8, 4) is 0 Å². The molecular formula is C11H19N3O4S2. The molecule has 0 bridgehead atoms. The van der Waals surface area contributed by atoms with Crippen molar-refractivity contribution in [1.29, 1.82) is 0 Å². The second kappa shape index (κ2) is 6.06. The van der Waals surface area contributed by atoms with E-state index < -0.39 is 14.9 Å². The van der Waals surface area contributed by atoms with Crippen molar-refractivity contribution in [2.24, 2.45) is 5.92 Å². The van der Waals surface area contributed by atoms with Gasteiger partial charge in [0.1, 0.15) is 4.21 Å². The maximum atomic E-state index is 12.5. The van der Waals surface area contributed by atoms with Gasteiger partial charge >= 0.3 is 5.69 Å². The number of hydrogen-bond donors (Lipinski definition) is 1. The van der Waals surface area contributed by atoms with E-state index >= 15 is 0 Å². The molecule has 1 unspecified atom stereocenters. The van der Waals surface area contributed by atoms with E-state index in [-0.39, 0.29) is 26.9 Å². The zero-order valence-corrected chi connectivity index (χ0v) is 13.7. The minimum Gasteiger partial charge on any atom is -0.374 e. The SMILES string of the molecule is CNc1sc(S(=O)(=O)N(C)C(C)C(C)C)cc1[N+](=O)[O-]. The van der Waals surface area contributed by atoms with E-state index in [0.29, 0.717) is 0 Å². The molecule has 114 valence electrons. The van der Waals surface area contributed by atoms with Gasteiger partial charge in [-0.3, -0.25) is 10.1 Å². The topological polar surface area (TPSA) is 92.6 Å². The van der Waals surface area contributed by atoms with Crippen molar-refractivity contribution in [2.75, 3.05) is 19.4 Å². The van der Waals surface area contributed by atoms with Crippen molar-refractivity contribution >= 4 is 32.0 Å². The molecule has 0 aliphatic carbocycles. The summed E-state index contributed by atoms with van der Waals surface area (Å²) in [4.78, 5) is 10.3. The van der Waals surface area contributed by atoms with Gasteiger partial charge in [0.15, 0.2) is 5.00 Å². The molecule has 1 atom stereocenters. The van der Waals surface area contributed by atoms with Gasteiger partial charge in [-0.15, -0.1) is 0 Å². The number of nitrogens with zero attached hydrogens (tertiary/aromatic N) is 2. The minimum atomic E-state index is -3.72. The van der Waals surface area contributed by atoms with Crippen molar-refractivity contribution in [3.63, 3.8) is 0 Å². The molecule has 0 saturated carbocycles. The zero-order valence-electron chi connectivity index (χ0n) is 12.1. The summed E-state index contributed by atoms with van der Waals surface area (Å²) in [6.07, 6.45) is 0. The molecule has 1 rings (SSSR count). The molecule has 1 aromatic rings. The number of nitro groups is 1. The summed E-state index contributed by atoms with van der Waals surface area (Å²) in [5.74, 6) is 0.147. The first-order valence-electron chi connectivity index (χ1n) is 6.07. The smallest absolute Gasteiger partial charge is 0.304 e. The normalized spacial score (nSPS) is 13.8. The monoisotopic (exact) mass is 321 g/mol. The van der Waals surface area contributed by atoms with Gasteiger partial charge in [0.25, 0.3) is 10.0 Å². The molecule has 0 spiro atoms. The molecule has 9 heteroatoms. The molecule has 0 aliphatic heterocycles. The molecule has 20 heavy (non-hydrogen) atoms. The molecule has 0 fully saturated rings. The lowest BCUT2D eigenvalue weighted by molar-refractivity contribution is -0.383. The lowest BCUT2D eigenvalue weighted by Crippen LogP contribution is -2.37. The fraction of sp³-hybridized carbons (Fsp3) is 0.636. The van der Waals surface area contributed by atoms with Gasteiger partial charge in [0, 0.05) is 26.2 Å². The molecule has 0 aliphatic rings. The van der Waals surface area contributed by atoms with Gasteiger partial charge in [0.2, 0.25) is 0 Å². The van der Waals surface area contributed by atoms with E-state index in [4.69, 9.17) is 0 Å². The Labute approximate surface area is 122 Å². The van der Waals surface area contributed by atoms with Crippen molar-refractivity contribution < 1.29 is 13.3 Å². The molecule has 1 N–H and O–H groups in total. The second-order valence-corrected chi connectivity index (χ2v) is 8.07. The quantitative estimate of drug-likeness (QED) is 0.641. The summed E-state index contributed by atoms with van der Waals surface area (Å²) >= 11 is 0.870. The average molecular weight is 321 g/mol. The molecular weight excluding hydrogens is 302 g/mol. The van der Waals surface area contributed by atoms with Crippen LogP contribution >= 0.6 is 11.3 Å². The van der Waals surface area contributed by atoms with E-state index in [2.05, 4.69) is 5.32 Å². The van der Waals surface area contributed by atoms with Crippen molar-refractivity contribution in [3.05, 3.63) is 16.2 Å². The fourth-order valence-electron chi connectivity index (χ4n) is 1.58. The second-order valence-electron chi connectivity index (χ2n) is 4.79. The van der Waals surface area contributed by atoms with Gasteiger partial charge in [0.05, 0.1) is 4.92 Å². The van der Waals surface area contributed by atoms with E-state index in [1.54, 1.807) is 0 Å². The number of rotatable bonds is 6. The Bertz CT molecular complexity index is 595. The minimum absolute atomic E-state index is 0.0245. The number of sulfonamides is 1. The molecule has 0 radical (unpaired) electrons. The first kappa shape index (κ1) is 16.9. The van der Waals surface area contributed by atoms with Gasteiger partial charge in [-0.25, -0.2) is 8.42 Å². The Morgan fingerprint density at radius 1 is 1.40 bits per heavy atom. The van der Waals surface area contributed by atoms with Gasteiger partial charge < -0.3 is 5.32 Å². The van der Waals surface area contributed by atoms with Gasteiger partial charge in [-0.2, -0.15) is 4.31 Å². The Balaban J connectivity index is 3.26. The highest BCUT2D eigenvalue weighted by atomic mass is 32.2. The Morgan fingerprint density at radius 2 is 1.95 bits per heavy atom. The third-order valence-corrected chi connectivity index (χ3v) is 6.82. The lowest BCUT2D eigenvalue weighted by atomic mass is 10.1. The predicted octanol–water partition coefficient (Wildman–Crippen LogP) is 2.36. The molecule has 1 heterocycles. The van der Waals surface area contributed by atoms with Crippen LogP contribution in [0.3, 0.4) is 0 Å². The van der Waals surface area contributed by atoms with Crippen LogP contribution < -0.4 is 5.32 Å². The van der Waals surface area contributed by atoms with E-state index in [0.717, 1.165) is 17.4 Å². The summed E-state index contributed by atoms with van der Waals surface area (Å²) in [5.41, 5.74) is -0.221. The van der Waals surface area contributed by atoms with Crippen LogP contribution in [0.25, 0.3) is 0 Å². The van der Waals surface area contributed by atoms with Crippen LogP contribution in [-0.2, 0) is 10.0 Å². The largest absolute Gasteiger partial charge is 0.374 e. The van der Waals surface area contributed by atoms with Crippen LogP contribution in [0.4, 0.5) is 10.7 Å². The highest BCUT2D eigenvalue weighted by Gasteiger charge is 2.32. The van der Waals surface area contributed by atoms with Crippen LogP contribution in [0, 0.1) is 16.0 Å². The van der Waals surface area contributed by atoms with Crippen molar-refractivity contribution in [2.45, 2.75) is 31.0 Å². The van der Waals surface area contributed by atoms with Crippen LogP contribution in [0.1, 0.15) is 20.8 Å². The molecule has 0 aromatic carbocycles. The summed E-state index contributed by atoms with van der Waals surface area (Å²) in [5, 5.41) is 13.8. The zero-order chi connectivity index (χ0) is 15.7. The molecule has 0 saturated heterocycles. The summed E-state index contributed by atoms with van der Waals surface area (Å²) in [7, 11) is -0.707. The number of nitrogens with one attached hydrogen (secondary N) is 1. The predicted molar refractivity (Wildman–Crippen MR) is 79.8 cm³/mol. The van der Waals surface area contributed by atoms with Gasteiger partial charge in [-0.05, 0) is 12.8 Å². The summed E-state index contributed by atoms with van der Waals surface area (Å²) < 4.78 is 26.2. The molecule has 0 amide bonds. The van der Waals surface area contributed by atoms with Crippen LogP contribution in [-0.4, -0.2) is 37.8 Å². The summed E-state index contributed by atoms with van der Waals surface area (Å²) in [6, 6.07) is 0.911. The van der Waals surface area contributed by atoms with Crippen LogP contribution in [0.5, 0.6) is 0 Å². The fourth-order valence-corrected chi connectivity index (χ4v) is 4.54. The summed E-state index contributed by atoms with van der Waals surface area (Å²) in [6.45, 7) is 5.66. The number of thiophene rings is 1. The third kappa shape index (κ3) is 3.10. The maximum absolute atomic E-state index is 12.5. The first-order chi connectivity index (χ1) is 9.12. The number of anilines is 1. The van der Waals surface area contributed by atoms with Crippen LogP contribution in [0.15, 0.2) is 10.3 Å². The van der Waals surface area contributed by atoms with Crippen LogP contribution in [0.2, 0.25) is 0 Å². The third-order valence-electron chi connectivity index (χ3n) is 3.29.